The minimum Gasteiger partial charge on any atom is -0.459 e. The van der Waals surface area contributed by atoms with Gasteiger partial charge in [0.1, 0.15) is 11.6 Å². The Morgan fingerprint density at radius 2 is 2.00 bits per heavy atom. The van der Waals surface area contributed by atoms with Gasteiger partial charge in [-0.05, 0) is 27.2 Å². The normalized spacial score (nSPS) is 16.5. The number of carbonyl (C=O) groups excluding carboxylic acids is 1. The number of aliphatic hydroxyl groups excluding tert-OH is 1. The standard InChI is InChI=1S/C9H19NO3/c1-5-6(11)7(10)8(12)13-9(2,3)4/h6-7,11H,5,10H2,1-4H3/t6-,7+/m1/s1. The van der Waals surface area contributed by atoms with Gasteiger partial charge < -0.3 is 15.6 Å². The van der Waals surface area contributed by atoms with Gasteiger partial charge in [0, 0.05) is 0 Å². The molecule has 0 bridgehead atoms. The second kappa shape index (κ2) is 4.58. The number of hydrogen-bond acceptors (Lipinski definition) is 4. The van der Waals surface area contributed by atoms with Crippen molar-refractivity contribution in [3.8, 4) is 0 Å². The van der Waals surface area contributed by atoms with E-state index in [-0.39, 0.29) is 0 Å². The number of nitrogens with two attached hydrogens (primary N) is 1. The topological polar surface area (TPSA) is 72.5 Å². The molecule has 4 nitrogen and oxygen atoms in total. The van der Waals surface area contributed by atoms with E-state index in [4.69, 9.17) is 10.5 Å². The number of rotatable bonds is 3. The summed E-state index contributed by atoms with van der Waals surface area (Å²) in [4.78, 5) is 11.3. The lowest BCUT2D eigenvalue weighted by Crippen LogP contribution is -2.45. The van der Waals surface area contributed by atoms with Crippen LogP contribution in [0.5, 0.6) is 0 Å². The molecule has 0 fully saturated rings. The predicted molar refractivity (Wildman–Crippen MR) is 50.1 cm³/mol. The van der Waals surface area contributed by atoms with Crippen LogP contribution in [0.4, 0.5) is 0 Å². The Labute approximate surface area is 79.1 Å². The average Bonchev–Trinajstić information content (AvgIpc) is 1.98. The molecule has 0 aromatic carbocycles. The van der Waals surface area contributed by atoms with E-state index in [1.54, 1.807) is 27.7 Å². The van der Waals surface area contributed by atoms with Crippen LogP contribution in [0.3, 0.4) is 0 Å². The van der Waals surface area contributed by atoms with Gasteiger partial charge in [0.05, 0.1) is 6.10 Å². The molecule has 0 aliphatic heterocycles. The summed E-state index contributed by atoms with van der Waals surface area (Å²) in [5, 5.41) is 9.27. The lowest BCUT2D eigenvalue weighted by molar-refractivity contribution is -0.159. The summed E-state index contributed by atoms with van der Waals surface area (Å²) >= 11 is 0. The van der Waals surface area contributed by atoms with Crippen LogP contribution in [-0.4, -0.2) is 28.8 Å². The molecule has 0 heterocycles. The van der Waals surface area contributed by atoms with Gasteiger partial charge in [-0.3, -0.25) is 4.79 Å². The number of esters is 1. The molecule has 2 atom stereocenters. The van der Waals surface area contributed by atoms with Crippen molar-refractivity contribution in [3.63, 3.8) is 0 Å². The quantitative estimate of drug-likeness (QED) is 0.631. The summed E-state index contributed by atoms with van der Waals surface area (Å²) in [6, 6.07) is -0.941. The molecular formula is C9H19NO3. The Kier molecular flexibility index (Phi) is 4.36. The molecule has 0 saturated carbocycles. The van der Waals surface area contributed by atoms with Gasteiger partial charge >= 0.3 is 5.97 Å². The van der Waals surface area contributed by atoms with Crippen molar-refractivity contribution in [2.45, 2.75) is 51.9 Å². The van der Waals surface area contributed by atoms with E-state index in [9.17, 15) is 9.90 Å². The third-order valence-electron chi connectivity index (χ3n) is 1.51. The Morgan fingerprint density at radius 1 is 1.54 bits per heavy atom. The maximum atomic E-state index is 11.3. The van der Waals surface area contributed by atoms with Gasteiger partial charge in [-0.25, -0.2) is 0 Å². The van der Waals surface area contributed by atoms with Gasteiger partial charge in [-0.2, -0.15) is 0 Å². The molecule has 3 N–H and O–H groups in total. The summed E-state index contributed by atoms with van der Waals surface area (Å²) in [7, 11) is 0. The van der Waals surface area contributed by atoms with E-state index in [1.165, 1.54) is 0 Å². The smallest absolute Gasteiger partial charge is 0.326 e. The second-order valence-corrected chi connectivity index (χ2v) is 4.03. The molecule has 0 radical (unpaired) electrons. The van der Waals surface area contributed by atoms with Crippen molar-refractivity contribution in [1.29, 1.82) is 0 Å². The van der Waals surface area contributed by atoms with E-state index in [0.29, 0.717) is 6.42 Å². The summed E-state index contributed by atoms with van der Waals surface area (Å²) in [5.41, 5.74) is 4.90. The largest absolute Gasteiger partial charge is 0.459 e. The zero-order valence-corrected chi connectivity index (χ0v) is 8.70. The van der Waals surface area contributed by atoms with E-state index in [1.807, 2.05) is 0 Å². The highest BCUT2D eigenvalue weighted by molar-refractivity contribution is 5.76. The molecule has 0 rings (SSSR count). The van der Waals surface area contributed by atoms with Crippen molar-refractivity contribution in [2.24, 2.45) is 5.73 Å². The first-order chi connectivity index (χ1) is 5.78. The molecule has 4 heteroatoms. The highest BCUT2D eigenvalue weighted by Gasteiger charge is 2.26. The molecule has 0 amide bonds. The molecule has 0 saturated heterocycles. The van der Waals surface area contributed by atoms with E-state index in [2.05, 4.69) is 0 Å². The summed E-state index contributed by atoms with van der Waals surface area (Å²) in [6.45, 7) is 7.04. The Morgan fingerprint density at radius 3 is 2.31 bits per heavy atom. The highest BCUT2D eigenvalue weighted by Crippen LogP contribution is 2.09. The molecular weight excluding hydrogens is 170 g/mol. The Hall–Kier alpha value is -0.610. The Balaban J connectivity index is 4.12. The van der Waals surface area contributed by atoms with E-state index < -0.39 is 23.7 Å². The molecule has 78 valence electrons. The molecule has 0 unspecified atom stereocenters. The van der Waals surface area contributed by atoms with Crippen molar-refractivity contribution in [2.75, 3.05) is 0 Å². The van der Waals surface area contributed by atoms with Gasteiger partial charge in [0.25, 0.3) is 0 Å². The molecule has 0 aliphatic carbocycles. The number of hydrogen-bond donors (Lipinski definition) is 2. The average molecular weight is 189 g/mol. The van der Waals surface area contributed by atoms with Crippen molar-refractivity contribution in [3.05, 3.63) is 0 Å². The highest BCUT2D eigenvalue weighted by atomic mass is 16.6. The van der Waals surface area contributed by atoms with Crippen LogP contribution in [0.15, 0.2) is 0 Å². The fourth-order valence-corrected chi connectivity index (χ4v) is 0.781. The fourth-order valence-electron chi connectivity index (χ4n) is 0.781. The number of ether oxygens (including phenoxy) is 1. The van der Waals surface area contributed by atoms with E-state index >= 15 is 0 Å². The third-order valence-corrected chi connectivity index (χ3v) is 1.51. The van der Waals surface area contributed by atoms with Crippen molar-refractivity contribution in [1.82, 2.24) is 0 Å². The number of carbonyl (C=O) groups is 1. The Bertz CT molecular complexity index is 174. The van der Waals surface area contributed by atoms with Gasteiger partial charge in [0.2, 0.25) is 0 Å². The summed E-state index contributed by atoms with van der Waals surface area (Å²) in [5.74, 6) is -0.554. The van der Waals surface area contributed by atoms with Crippen molar-refractivity contribution >= 4 is 5.97 Å². The third kappa shape index (κ3) is 4.85. The van der Waals surface area contributed by atoms with Crippen LogP contribution in [-0.2, 0) is 9.53 Å². The molecule has 0 aliphatic rings. The minimum absolute atomic E-state index is 0.445. The molecule has 0 aromatic rings. The maximum absolute atomic E-state index is 11.3. The predicted octanol–water partition coefficient (Wildman–Crippen LogP) is 0.426. The van der Waals surface area contributed by atoms with Crippen molar-refractivity contribution < 1.29 is 14.6 Å². The lowest BCUT2D eigenvalue weighted by atomic mass is 10.1. The molecule has 0 spiro atoms. The SMILES string of the molecule is CC[C@@H](O)[C@H](N)C(=O)OC(C)(C)C. The first-order valence-corrected chi connectivity index (χ1v) is 4.44. The van der Waals surface area contributed by atoms with Crippen LogP contribution in [0.2, 0.25) is 0 Å². The monoisotopic (exact) mass is 189 g/mol. The molecule has 13 heavy (non-hydrogen) atoms. The van der Waals surface area contributed by atoms with Crippen LogP contribution in [0, 0.1) is 0 Å². The summed E-state index contributed by atoms with van der Waals surface area (Å²) < 4.78 is 5.00. The van der Waals surface area contributed by atoms with Crippen LogP contribution in [0.25, 0.3) is 0 Å². The second-order valence-electron chi connectivity index (χ2n) is 4.03. The summed E-state index contributed by atoms with van der Waals surface area (Å²) in [6.07, 6.45) is -0.379. The van der Waals surface area contributed by atoms with Gasteiger partial charge in [-0.15, -0.1) is 0 Å². The zero-order chi connectivity index (χ0) is 10.6. The van der Waals surface area contributed by atoms with Crippen LogP contribution in [0.1, 0.15) is 34.1 Å². The van der Waals surface area contributed by atoms with Crippen LogP contribution >= 0.6 is 0 Å². The lowest BCUT2D eigenvalue weighted by Gasteiger charge is -2.23. The first kappa shape index (κ1) is 12.4. The zero-order valence-electron chi connectivity index (χ0n) is 8.70. The van der Waals surface area contributed by atoms with E-state index in [0.717, 1.165) is 0 Å². The van der Waals surface area contributed by atoms with Gasteiger partial charge in [0.15, 0.2) is 0 Å². The molecule has 0 aromatic heterocycles. The van der Waals surface area contributed by atoms with Gasteiger partial charge in [-0.1, -0.05) is 6.92 Å². The maximum Gasteiger partial charge on any atom is 0.326 e. The minimum atomic E-state index is -0.941. The fraction of sp³-hybridized carbons (Fsp3) is 0.889. The first-order valence-electron chi connectivity index (χ1n) is 4.44. The number of aliphatic hydroxyl groups is 1. The van der Waals surface area contributed by atoms with Crippen LogP contribution < -0.4 is 5.73 Å².